The molecule has 0 unspecified atom stereocenters. The average Bonchev–Trinajstić information content (AvgIpc) is 3.00. The molecule has 3 fully saturated rings. The van der Waals surface area contributed by atoms with Crippen LogP contribution in [-0.4, -0.2) is 22.4 Å². The highest BCUT2D eigenvalue weighted by molar-refractivity contribution is 5.28. The van der Waals surface area contributed by atoms with E-state index < -0.39 is 0 Å². The highest BCUT2D eigenvalue weighted by atomic mass is 16.3. The van der Waals surface area contributed by atoms with E-state index >= 15 is 0 Å². The third-order valence-electron chi connectivity index (χ3n) is 8.58. The minimum Gasteiger partial charge on any atom is -0.393 e. The summed E-state index contributed by atoms with van der Waals surface area (Å²) in [6.07, 6.45) is 16.8. The Balaban J connectivity index is 1.72. The second kappa shape index (κ2) is 9.10. The van der Waals surface area contributed by atoms with Crippen LogP contribution in [0.15, 0.2) is 35.5 Å². The molecular weight excluding hydrogens is 356 g/mol. The molecule has 3 saturated carbocycles. The smallest absolute Gasteiger partial charge is 0.0784 e. The van der Waals surface area contributed by atoms with Crippen molar-refractivity contribution in [3.05, 3.63) is 35.5 Å². The molecule has 29 heavy (non-hydrogen) atoms. The topological polar surface area (TPSA) is 40.5 Å². The third kappa shape index (κ3) is 5.07. The van der Waals surface area contributed by atoms with Gasteiger partial charge in [-0.1, -0.05) is 57.1 Å². The zero-order chi connectivity index (χ0) is 21.2. The molecule has 2 nitrogen and oxygen atoms in total. The summed E-state index contributed by atoms with van der Waals surface area (Å²) >= 11 is 0. The summed E-state index contributed by atoms with van der Waals surface area (Å²) in [4.78, 5) is 0. The third-order valence-corrected chi connectivity index (χ3v) is 8.58. The standard InChI is InChI=1S/C27H44O2/c1-19-10-11-21(18-24(19)29)12-13-22-9-7-17-27(5)23(22)14-15-25(27)26(3,4)16-6-8-20(2)28/h12-13,20,23-25,28-29H,1,6-11,14-18H2,2-5H3/b21-12-,22-13+/t20-,23+,24-,25-,27+/m1/s1. The van der Waals surface area contributed by atoms with Crippen molar-refractivity contribution < 1.29 is 10.2 Å². The van der Waals surface area contributed by atoms with Crippen molar-refractivity contribution in [1.82, 2.24) is 0 Å². The number of fused-ring (bicyclic) bond motifs is 1. The van der Waals surface area contributed by atoms with E-state index in [0.29, 0.717) is 10.8 Å². The predicted molar refractivity (Wildman–Crippen MR) is 123 cm³/mol. The van der Waals surface area contributed by atoms with Gasteiger partial charge in [-0.05, 0) is 99.4 Å². The summed E-state index contributed by atoms with van der Waals surface area (Å²) in [6.45, 7) is 13.4. The molecule has 0 saturated heterocycles. The van der Waals surface area contributed by atoms with Crippen LogP contribution >= 0.6 is 0 Å². The predicted octanol–water partition coefficient (Wildman–Crippen LogP) is 6.73. The molecule has 0 radical (unpaired) electrons. The van der Waals surface area contributed by atoms with Crippen LogP contribution in [0.25, 0.3) is 0 Å². The summed E-state index contributed by atoms with van der Waals surface area (Å²) in [7, 11) is 0. The Morgan fingerprint density at radius 2 is 1.97 bits per heavy atom. The molecule has 3 aliphatic rings. The van der Waals surface area contributed by atoms with Crippen molar-refractivity contribution in [3.8, 4) is 0 Å². The second-order valence-electron chi connectivity index (χ2n) is 11.2. The fourth-order valence-electron chi connectivity index (χ4n) is 6.91. The van der Waals surface area contributed by atoms with Crippen LogP contribution in [0.3, 0.4) is 0 Å². The normalized spacial score (nSPS) is 37.2. The number of hydrogen-bond donors (Lipinski definition) is 2. The molecule has 0 aliphatic heterocycles. The number of hydrogen-bond acceptors (Lipinski definition) is 2. The van der Waals surface area contributed by atoms with Crippen molar-refractivity contribution in [2.75, 3.05) is 0 Å². The Hall–Kier alpha value is -0.860. The Morgan fingerprint density at radius 1 is 1.21 bits per heavy atom. The molecule has 0 aromatic carbocycles. The molecule has 0 aromatic rings. The maximum absolute atomic E-state index is 10.1. The summed E-state index contributed by atoms with van der Waals surface area (Å²) < 4.78 is 0. The second-order valence-corrected chi connectivity index (χ2v) is 11.2. The van der Waals surface area contributed by atoms with Gasteiger partial charge in [0.05, 0.1) is 12.2 Å². The van der Waals surface area contributed by atoms with Crippen LogP contribution in [0.5, 0.6) is 0 Å². The zero-order valence-electron chi connectivity index (χ0n) is 19.3. The van der Waals surface area contributed by atoms with Gasteiger partial charge in [-0.2, -0.15) is 0 Å². The maximum atomic E-state index is 10.1. The lowest BCUT2D eigenvalue weighted by molar-refractivity contribution is 0.0368. The van der Waals surface area contributed by atoms with Gasteiger partial charge in [0, 0.05) is 0 Å². The van der Waals surface area contributed by atoms with Crippen molar-refractivity contribution in [2.45, 2.75) is 111 Å². The molecule has 2 heteroatoms. The van der Waals surface area contributed by atoms with E-state index in [1.54, 1.807) is 5.57 Å². The summed E-state index contributed by atoms with van der Waals surface area (Å²) in [5.41, 5.74) is 4.80. The van der Waals surface area contributed by atoms with Gasteiger partial charge < -0.3 is 10.2 Å². The van der Waals surface area contributed by atoms with Crippen LogP contribution in [0, 0.1) is 22.7 Å². The minimum absolute atomic E-state index is 0.176. The summed E-state index contributed by atoms with van der Waals surface area (Å²) in [5.74, 6) is 1.49. The van der Waals surface area contributed by atoms with E-state index in [1.807, 2.05) is 6.92 Å². The van der Waals surface area contributed by atoms with Crippen molar-refractivity contribution in [2.24, 2.45) is 22.7 Å². The fraction of sp³-hybridized carbons (Fsp3) is 0.778. The van der Waals surface area contributed by atoms with Gasteiger partial charge in [-0.15, -0.1) is 0 Å². The van der Waals surface area contributed by atoms with Crippen molar-refractivity contribution in [3.63, 3.8) is 0 Å². The first-order valence-electron chi connectivity index (χ1n) is 12.1. The van der Waals surface area contributed by atoms with Gasteiger partial charge in [-0.25, -0.2) is 0 Å². The molecule has 2 N–H and O–H groups in total. The molecular formula is C27H44O2. The van der Waals surface area contributed by atoms with Gasteiger partial charge in [0.1, 0.15) is 0 Å². The van der Waals surface area contributed by atoms with Gasteiger partial charge in [0.25, 0.3) is 0 Å². The first kappa shape index (κ1) is 22.8. The van der Waals surface area contributed by atoms with Gasteiger partial charge in [0.15, 0.2) is 0 Å². The van der Waals surface area contributed by atoms with Crippen LogP contribution < -0.4 is 0 Å². The first-order valence-corrected chi connectivity index (χ1v) is 12.1. The highest BCUT2D eigenvalue weighted by Crippen LogP contribution is 2.62. The van der Waals surface area contributed by atoms with Gasteiger partial charge in [-0.3, -0.25) is 0 Å². The molecule has 0 bridgehead atoms. The lowest BCUT2D eigenvalue weighted by Crippen LogP contribution is -2.40. The molecule has 3 aliphatic carbocycles. The molecule has 164 valence electrons. The van der Waals surface area contributed by atoms with E-state index in [9.17, 15) is 10.2 Å². The SMILES string of the molecule is C=C1CC/C(=C/C=C2\CCC[C@]3(C)[C@@H](C(C)(C)CCC[C@@H](C)O)CC[C@@H]23)C[C@H]1O. The molecule has 0 spiro atoms. The Labute approximate surface area is 179 Å². The van der Waals surface area contributed by atoms with Crippen LogP contribution in [0.1, 0.15) is 98.3 Å². The first-order chi connectivity index (χ1) is 13.6. The van der Waals surface area contributed by atoms with Crippen molar-refractivity contribution in [1.29, 1.82) is 0 Å². The lowest BCUT2D eigenvalue weighted by atomic mass is 9.57. The molecule has 0 aromatic heterocycles. The van der Waals surface area contributed by atoms with Gasteiger partial charge >= 0.3 is 0 Å². The van der Waals surface area contributed by atoms with Crippen LogP contribution in [0.4, 0.5) is 0 Å². The van der Waals surface area contributed by atoms with Crippen LogP contribution in [-0.2, 0) is 0 Å². The average molecular weight is 401 g/mol. The van der Waals surface area contributed by atoms with E-state index in [2.05, 4.69) is 39.5 Å². The van der Waals surface area contributed by atoms with E-state index in [-0.39, 0.29) is 12.2 Å². The Morgan fingerprint density at radius 3 is 2.66 bits per heavy atom. The zero-order valence-corrected chi connectivity index (χ0v) is 19.3. The largest absolute Gasteiger partial charge is 0.393 e. The number of aliphatic hydroxyl groups is 2. The minimum atomic E-state index is -0.344. The van der Waals surface area contributed by atoms with Crippen molar-refractivity contribution >= 4 is 0 Å². The summed E-state index contributed by atoms with van der Waals surface area (Å²) in [6, 6.07) is 0. The molecule has 5 atom stereocenters. The van der Waals surface area contributed by atoms with E-state index in [0.717, 1.165) is 49.5 Å². The molecule has 0 heterocycles. The molecule has 0 amide bonds. The summed E-state index contributed by atoms with van der Waals surface area (Å²) in [5, 5.41) is 19.8. The Kier molecular flexibility index (Phi) is 7.16. The fourth-order valence-corrected chi connectivity index (χ4v) is 6.91. The van der Waals surface area contributed by atoms with Gasteiger partial charge in [0.2, 0.25) is 0 Å². The van der Waals surface area contributed by atoms with E-state index in [1.165, 1.54) is 44.1 Å². The monoisotopic (exact) mass is 400 g/mol. The highest BCUT2D eigenvalue weighted by Gasteiger charge is 2.53. The number of aliphatic hydroxyl groups excluding tert-OH is 2. The Bertz CT molecular complexity index is 653. The van der Waals surface area contributed by atoms with Crippen LogP contribution in [0.2, 0.25) is 0 Å². The van der Waals surface area contributed by atoms with E-state index in [4.69, 9.17) is 0 Å². The lowest BCUT2D eigenvalue weighted by Gasteiger charge is -2.48. The molecule has 3 rings (SSSR count). The number of rotatable bonds is 6. The quantitative estimate of drug-likeness (QED) is 0.485. The number of allylic oxidation sites excluding steroid dienone is 3. The maximum Gasteiger partial charge on any atom is 0.0784 e.